The van der Waals surface area contributed by atoms with Gasteiger partial charge in [0.15, 0.2) is 12.4 Å². The van der Waals surface area contributed by atoms with Gasteiger partial charge in [0.25, 0.3) is 5.91 Å². The molecule has 0 spiro atoms. The predicted molar refractivity (Wildman–Crippen MR) is 140 cm³/mol. The molecule has 3 aromatic carbocycles. The van der Waals surface area contributed by atoms with Gasteiger partial charge in [-0.1, -0.05) is 60.1 Å². The van der Waals surface area contributed by atoms with E-state index in [0.29, 0.717) is 16.3 Å². The molecule has 0 aliphatic carbocycles. The average Bonchev–Trinajstić information content (AvgIpc) is 2.89. The second kappa shape index (κ2) is 12.3. The molecule has 6 heteroatoms. The van der Waals surface area contributed by atoms with E-state index in [2.05, 4.69) is 34.5 Å². The number of amides is 1. The Morgan fingerprint density at radius 1 is 0.943 bits per heavy atom. The van der Waals surface area contributed by atoms with E-state index in [-0.39, 0.29) is 24.3 Å². The number of benzene rings is 3. The molecule has 35 heavy (non-hydrogen) atoms. The van der Waals surface area contributed by atoms with Crippen molar-refractivity contribution in [2.75, 3.05) is 19.7 Å². The number of allylic oxidation sites excluding steroid dienone is 1. The Bertz CT molecular complexity index is 1140. The second-order valence-corrected chi connectivity index (χ2v) is 9.10. The van der Waals surface area contributed by atoms with Crippen molar-refractivity contribution in [1.82, 2.24) is 10.2 Å². The lowest BCUT2D eigenvalue weighted by atomic mass is 10.0. The smallest absolute Gasteiger partial charge is 0.258 e. The molecule has 1 N–H and O–H groups in total. The molecule has 0 saturated carbocycles. The Hall–Kier alpha value is -3.41. The zero-order valence-electron chi connectivity index (χ0n) is 19.5. The Kier molecular flexibility index (Phi) is 8.71. The van der Waals surface area contributed by atoms with E-state index in [0.717, 1.165) is 38.0 Å². The van der Waals surface area contributed by atoms with E-state index >= 15 is 0 Å². The summed E-state index contributed by atoms with van der Waals surface area (Å²) in [7, 11) is 0. The molecule has 0 aromatic heterocycles. The zero-order chi connectivity index (χ0) is 24.5. The summed E-state index contributed by atoms with van der Waals surface area (Å²) >= 11 is 5.86. The van der Waals surface area contributed by atoms with Gasteiger partial charge in [0, 0.05) is 36.3 Å². The van der Waals surface area contributed by atoms with Gasteiger partial charge in [0.1, 0.15) is 5.75 Å². The third-order valence-electron chi connectivity index (χ3n) is 6.01. The fraction of sp³-hybridized carbons (Fsp3) is 0.241. The molecule has 180 valence electrons. The van der Waals surface area contributed by atoms with Crippen LogP contribution in [-0.4, -0.2) is 42.3 Å². The van der Waals surface area contributed by atoms with E-state index in [1.807, 2.05) is 18.2 Å². The summed E-state index contributed by atoms with van der Waals surface area (Å²) < 4.78 is 5.64. The summed E-state index contributed by atoms with van der Waals surface area (Å²) in [6.07, 6.45) is 5.15. The second-order valence-electron chi connectivity index (χ2n) is 8.67. The van der Waals surface area contributed by atoms with Crippen LogP contribution >= 0.6 is 11.6 Å². The van der Waals surface area contributed by atoms with Gasteiger partial charge in [0.2, 0.25) is 0 Å². The molecule has 0 radical (unpaired) electrons. The normalized spacial score (nSPS) is 14.7. The van der Waals surface area contributed by atoms with Gasteiger partial charge in [-0.05, 0) is 66.4 Å². The van der Waals surface area contributed by atoms with E-state index in [1.54, 1.807) is 42.5 Å². The number of rotatable bonds is 9. The summed E-state index contributed by atoms with van der Waals surface area (Å²) in [6.45, 7) is 2.87. The summed E-state index contributed by atoms with van der Waals surface area (Å²) in [4.78, 5) is 27.0. The van der Waals surface area contributed by atoms with Crippen molar-refractivity contribution >= 4 is 29.4 Å². The minimum absolute atomic E-state index is 0.0194. The summed E-state index contributed by atoms with van der Waals surface area (Å²) in [5.41, 5.74) is 2.77. The molecule has 1 heterocycles. The molecule has 0 bridgehead atoms. The van der Waals surface area contributed by atoms with Gasteiger partial charge < -0.3 is 10.1 Å². The number of hydrogen-bond acceptors (Lipinski definition) is 4. The quantitative estimate of drug-likeness (QED) is 0.324. The number of ether oxygens (including phenoxy) is 1. The number of nitrogens with one attached hydrogen (secondary N) is 1. The molecule has 1 saturated heterocycles. The van der Waals surface area contributed by atoms with Crippen LogP contribution in [0.5, 0.6) is 5.75 Å². The van der Waals surface area contributed by atoms with Crippen LogP contribution in [0.2, 0.25) is 5.02 Å². The van der Waals surface area contributed by atoms with Crippen molar-refractivity contribution in [3.63, 3.8) is 0 Å². The van der Waals surface area contributed by atoms with Crippen molar-refractivity contribution in [2.45, 2.75) is 25.4 Å². The first-order chi connectivity index (χ1) is 17.0. The minimum atomic E-state index is -0.107. The van der Waals surface area contributed by atoms with Crippen LogP contribution in [-0.2, 0) is 11.3 Å². The van der Waals surface area contributed by atoms with Crippen molar-refractivity contribution in [3.8, 4) is 5.75 Å². The lowest BCUT2D eigenvalue weighted by molar-refractivity contribution is -0.124. The van der Waals surface area contributed by atoms with Gasteiger partial charge >= 0.3 is 0 Å². The Morgan fingerprint density at radius 3 is 2.31 bits per heavy atom. The van der Waals surface area contributed by atoms with Crippen molar-refractivity contribution in [1.29, 1.82) is 0 Å². The van der Waals surface area contributed by atoms with Crippen molar-refractivity contribution < 1.29 is 14.3 Å². The summed E-state index contributed by atoms with van der Waals surface area (Å²) in [5.74, 6) is 0.410. The van der Waals surface area contributed by atoms with Gasteiger partial charge in [-0.3, -0.25) is 14.5 Å². The molecule has 0 unspecified atom stereocenters. The number of hydrogen-bond donors (Lipinski definition) is 1. The van der Waals surface area contributed by atoms with E-state index in [9.17, 15) is 9.59 Å². The molecule has 1 fully saturated rings. The molecular formula is C29H29ClN2O3. The SMILES string of the molecule is O=C(COc1ccc(C=CC(=O)c2ccc(Cl)cc2)cc1)NC1CCN(Cc2ccccc2)CC1. The standard InChI is InChI=1S/C29H29ClN2O3/c30-25-11-9-24(10-12-25)28(33)15-8-22-6-13-27(14-7-22)35-21-29(34)31-26-16-18-32(19-17-26)20-23-4-2-1-3-5-23/h1-15,26H,16-21H2,(H,31,34). The van der Waals surface area contributed by atoms with Crippen LogP contribution in [0.15, 0.2) is 84.9 Å². The van der Waals surface area contributed by atoms with Crippen LogP contribution in [0.1, 0.15) is 34.3 Å². The summed E-state index contributed by atoms with van der Waals surface area (Å²) in [5, 5.41) is 3.69. The molecule has 1 amide bonds. The Morgan fingerprint density at radius 2 is 1.63 bits per heavy atom. The minimum Gasteiger partial charge on any atom is -0.484 e. The number of carbonyl (C=O) groups is 2. The van der Waals surface area contributed by atoms with Crippen molar-refractivity contribution in [3.05, 3.63) is 107 Å². The maximum Gasteiger partial charge on any atom is 0.258 e. The number of halogens is 1. The third kappa shape index (κ3) is 7.81. The fourth-order valence-corrected chi connectivity index (χ4v) is 4.18. The monoisotopic (exact) mass is 488 g/mol. The topological polar surface area (TPSA) is 58.6 Å². The van der Waals surface area contributed by atoms with Crippen LogP contribution in [0.25, 0.3) is 6.08 Å². The number of piperidine rings is 1. The van der Waals surface area contributed by atoms with Crippen molar-refractivity contribution in [2.24, 2.45) is 0 Å². The Labute approximate surface area is 211 Å². The highest BCUT2D eigenvalue weighted by molar-refractivity contribution is 6.30. The van der Waals surface area contributed by atoms with E-state index in [1.165, 1.54) is 11.6 Å². The number of carbonyl (C=O) groups excluding carboxylic acids is 2. The van der Waals surface area contributed by atoms with Crippen LogP contribution in [0.4, 0.5) is 0 Å². The molecule has 0 atom stereocenters. The molecule has 4 rings (SSSR count). The first-order valence-corrected chi connectivity index (χ1v) is 12.2. The maximum absolute atomic E-state index is 12.4. The summed E-state index contributed by atoms with van der Waals surface area (Å²) in [6, 6.07) is 24.7. The Balaban J connectivity index is 1.17. The lowest BCUT2D eigenvalue weighted by Crippen LogP contribution is -2.45. The number of nitrogens with zero attached hydrogens (tertiary/aromatic N) is 1. The largest absolute Gasteiger partial charge is 0.484 e. The molecule has 5 nitrogen and oxygen atoms in total. The molecule has 1 aliphatic heterocycles. The van der Waals surface area contributed by atoms with E-state index < -0.39 is 0 Å². The van der Waals surface area contributed by atoms with E-state index in [4.69, 9.17) is 16.3 Å². The van der Waals surface area contributed by atoms with Gasteiger partial charge in [-0.25, -0.2) is 0 Å². The number of likely N-dealkylation sites (tertiary alicyclic amines) is 1. The maximum atomic E-state index is 12.4. The fourth-order valence-electron chi connectivity index (χ4n) is 4.05. The zero-order valence-corrected chi connectivity index (χ0v) is 20.3. The van der Waals surface area contributed by atoms with Crippen LogP contribution in [0, 0.1) is 0 Å². The molecule has 1 aliphatic rings. The highest BCUT2D eigenvalue weighted by Gasteiger charge is 2.20. The molecule has 3 aromatic rings. The van der Waals surface area contributed by atoms with Crippen LogP contribution in [0.3, 0.4) is 0 Å². The third-order valence-corrected chi connectivity index (χ3v) is 6.26. The highest BCUT2D eigenvalue weighted by Crippen LogP contribution is 2.16. The predicted octanol–water partition coefficient (Wildman–Crippen LogP) is 5.40. The van der Waals surface area contributed by atoms with Crippen LogP contribution < -0.4 is 10.1 Å². The lowest BCUT2D eigenvalue weighted by Gasteiger charge is -2.32. The first kappa shape index (κ1) is 24.7. The van der Waals surface area contributed by atoms with Gasteiger partial charge in [-0.2, -0.15) is 0 Å². The van der Waals surface area contributed by atoms with Gasteiger partial charge in [-0.15, -0.1) is 0 Å². The average molecular weight is 489 g/mol. The number of ketones is 1. The van der Waals surface area contributed by atoms with Gasteiger partial charge in [0.05, 0.1) is 0 Å². The first-order valence-electron chi connectivity index (χ1n) is 11.8. The molecular weight excluding hydrogens is 460 g/mol. The highest BCUT2D eigenvalue weighted by atomic mass is 35.5.